The summed E-state index contributed by atoms with van der Waals surface area (Å²) in [7, 11) is 0. The van der Waals surface area contributed by atoms with Gasteiger partial charge in [0, 0.05) is 17.3 Å². The van der Waals surface area contributed by atoms with E-state index < -0.39 is 0 Å². The van der Waals surface area contributed by atoms with Gasteiger partial charge in [-0.05, 0) is 12.3 Å². The van der Waals surface area contributed by atoms with E-state index in [2.05, 4.69) is 24.2 Å². The third kappa shape index (κ3) is 1.00. The molecule has 2 rings (SSSR count). The molecule has 0 radical (unpaired) electrons. The molecule has 2 N–H and O–H groups in total. The van der Waals surface area contributed by atoms with Crippen molar-refractivity contribution in [3.05, 3.63) is 16.1 Å². The van der Waals surface area contributed by atoms with Crippen molar-refractivity contribution < 1.29 is 0 Å². The summed E-state index contributed by atoms with van der Waals surface area (Å²) in [5.41, 5.74) is 7.40. The molecule has 0 spiro atoms. The summed E-state index contributed by atoms with van der Waals surface area (Å²) in [6.45, 7) is 6.45. The Kier molecular flexibility index (Phi) is 1.57. The normalized spacial score (nSPS) is 32.0. The van der Waals surface area contributed by atoms with Crippen LogP contribution < -0.4 is 5.73 Å². The van der Waals surface area contributed by atoms with Crippen molar-refractivity contribution in [3.63, 3.8) is 0 Å². The van der Waals surface area contributed by atoms with E-state index in [0.29, 0.717) is 12.0 Å². The highest BCUT2D eigenvalue weighted by Crippen LogP contribution is 2.57. The first-order valence-electron chi connectivity index (χ1n) is 4.21. The predicted molar refractivity (Wildman–Crippen MR) is 51.3 cm³/mol. The van der Waals surface area contributed by atoms with Gasteiger partial charge in [0.25, 0.3) is 0 Å². The van der Waals surface area contributed by atoms with Crippen LogP contribution in [-0.2, 0) is 0 Å². The summed E-state index contributed by atoms with van der Waals surface area (Å²) in [5, 5.41) is 3.27. The highest BCUT2D eigenvalue weighted by molar-refractivity contribution is 7.09. The molecule has 0 aliphatic heterocycles. The third-order valence-corrected chi connectivity index (χ3v) is 3.66. The highest BCUT2D eigenvalue weighted by Gasteiger charge is 2.57. The van der Waals surface area contributed by atoms with Gasteiger partial charge in [-0.1, -0.05) is 13.8 Å². The Bertz CT molecular complexity index is 303. The van der Waals surface area contributed by atoms with Crippen LogP contribution >= 0.6 is 11.3 Å². The average molecular weight is 182 g/mol. The van der Waals surface area contributed by atoms with Crippen molar-refractivity contribution in [2.75, 3.05) is 0 Å². The van der Waals surface area contributed by atoms with Crippen molar-refractivity contribution in [3.8, 4) is 0 Å². The molecular weight excluding hydrogens is 168 g/mol. The topological polar surface area (TPSA) is 38.9 Å². The number of hydrogen-bond acceptors (Lipinski definition) is 3. The van der Waals surface area contributed by atoms with Gasteiger partial charge in [-0.3, -0.25) is 0 Å². The van der Waals surface area contributed by atoms with Gasteiger partial charge in [0.1, 0.15) is 0 Å². The van der Waals surface area contributed by atoms with E-state index in [-0.39, 0.29) is 5.41 Å². The van der Waals surface area contributed by atoms with E-state index >= 15 is 0 Å². The fourth-order valence-corrected chi connectivity index (χ4v) is 2.41. The minimum atomic E-state index is 0.264. The van der Waals surface area contributed by atoms with E-state index in [1.807, 2.05) is 6.92 Å². The molecule has 1 aliphatic carbocycles. The molecule has 3 heteroatoms. The Morgan fingerprint density at radius 1 is 1.58 bits per heavy atom. The number of aromatic nitrogens is 1. The highest BCUT2D eigenvalue weighted by atomic mass is 32.1. The Balaban J connectivity index is 2.24. The molecule has 2 nitrogen and oxygen atoms in total. The van der Waals surface area contributed by atoms with Crippen molar-refractivity contribution in [1.82, 2.24) is 4.98 Å². The molecule has 2 atom stereocenters. The third-order valence-electron chi connectivity index (χ3n) is 2.87. The first kappa shape index (κ1) is 8.20. The summed E-state index contributed by atoms with van der Waals surface area (Å²) in [4.78, 5) is 4.46. The molecule has 0 amide bonds. The van der Waals surface area contributed by atoms with Gasteiger partial charge in [0.2, 0.25) is 0 Å². The summed E-state index contributed by atoms with van der Waals surface area (Å²) in [5.74, 6) is 0.488. The first-order chi connectivity index (χ1) is 5.53. The molecule has 1 fully saturated rings. The molecule has 1 aliphatic rings. The van der Waals surface area contributed by atoms with Crippen LogP contribution in [-0.4, -0.2) is 11.0 Å². The number of aryl methyl sites for hydroxylation is 1. The quantitative estimate of drug-likeness (QED) is 0.720. The van der Waals surface area contributed by atoms with Crippen LogP contribution in [0.2, 0.25) is 0 Å². The SMILES string of the molecule is Cc1nc(C2C(N)C2(C)C)cs1. The van der Waals surface area contributed by atoms with Crippen LogP contribution in [0.3, 0.4) is 0 Å². The minimum Gasteiger partial charge on any atom is -0.327 e. The lowest BCUT2D eigenvalue weighted by Gasteiger charge is -1.97. The predicted octanol–water partition coefficient (Wildman–Crippen LogP) is 1.90. The monoisotopic (exact) mass is 182 g/mol. The standard InChI is InChI=1S/C9H14N2S/c1-5-11-6(4-12-5)7-8(10)9(7,2)3/h4,7-8H,10H2,1-3H3. The van der Waals surface area contributed by atoms with E-state index in [0.717, 1.165) is 5.01 Å². The summed E-state index contributed by atoms with van der Waals surface area (Å²) in [6, 6.07) is 0.305. The Morgan fingerprint density at radius 3 is 2.50 bits per heavy atom. The van der Waals surface area contributed by atoms with Crippen molar-refractivity contribution in [2.24, 2.45) is 11.1 Å². The molecule has 1 heterocycles. The smallest absolute Gasteiger partial charge is 0.0897 e. The zero-order valence-corrected chi connectivity index (χ0v) is 8.48. The number of nitrogens with two attached hydrogens (primary N) is 1. The number of thiazole rings is 1. The van der Waals surface area contributed by atoms with Gasteiger partial charge in [-0.15, -0.1) is 11.3 Å². The summed E-state index contributed by atoms with van der Waals surface area (Å²) in [6.07, 6.45) is 0. The summed E-state index contributed by atoms with van der Waals surface area (Å²) >= 11 is 1.71. The molecule has 66 valence electrons. The average Bonchev–Trinajstić information content (AvgIpc) is 2.38. The summed E-state index contributed by atoms with van der Waals surface area (Å²) < 4.78 is 0. The van der Waals surface area contributed by atoms with Crippen LogP contribution in [0.25, 0.3) is 0 Å². The number of rotatable bonds is 1. The lowest BCUT2D eigenvalue weighted by atomic mass is 10.1. The van der Waals surface area contributed by atoms with E-state index in [1.54, 1.807) is 11.3 Å². The number of nitrogens with zero attached hydrogens (tertiary/aromatic N) is 1. The van der Waals surface area contributed by atoms with Crippen molar-refractivity contribution >= 4 is 11.3 Å². The Morgan fingerprint density at radius 2 is 2.17 bits per heavy atom. The van der Waals surface area contributed by atoms with Gasteiger partial charge in [0.15, 0.2) is 0 Å². The molecule has 0 aromatic carbocycles. The molecule has 1 aromatic heterocycles. The molecule has 1 aromatic rings. The van der Waals surface area contributed by atoms with Crippen molar-refractivity contribution in [1.29, 1.82) is 0 Å². The largest absolute Gasteiger partial charge is 0.327 e. The second-order valence-electron chi connectivity index (χ2n) is 4.12. The zero-order valence-electron chi connectivity index (χ0n) is 7.66. The van der Waals surface area contributed by atoms with Crippen LogP contribution in [0.4, 0.5) is 0 Å². The molecule has 2 unspecified atom stereocenters. The molecule has 0 saturated heterocycles. The fraction of sp³-hybridized carbons (Fsp3) is 0.667. The number of hydrogen-bond donors (Lipinski definition) is 1. The van der Waals surface area contributed by atoms with Gasteiger partial charge < -0.3 is 5.73 Å². The molecule has 12 heavy (non-hydrogen) atoms. The fourth-order valence-electron chi connectivity index (χ4n) is 1.77. The Labute approximate surface area is 76.8 Å². The lowest BCUT2D eigenvalue weighted by Crippen LogP contribution is -2.06. The van der Waals surface area contributed by atoms with Gasteiger partial charge in [0.05, 0.1) is 10.7 Å². The van der Waals surface area contributed by atoms with Crippen LogP contribution in [0, 0.1) is 12.3 Å². The minimum absolute atomic E-state index is 0.264. The van der Waals surface area contributed by atoms with Crippen LogP contribution in [0.15, 0.2) is 5.38 Å². The van der Waals surface area contributed by atoms with Crippen LogP contribution in [0.5, 0.6) is 0 Å². The first-order valence-corrected chi connectivity index (χ1v) is 5.09. The lowest BCUT2D eigenvalue weighted by molar-refractivity contribution is 0.596. The van der Waals surface area contributed by atoms with Gasteiger partial charge in [-0.2, -0.15) is 0 Å². The van der Waals surface area contributed by atoms with Gasteiger partial charge in [-0.25, -0.2) is 4.98 Å². The molecule has 0 bridgehead atoms. The van der Waals surface area contributed by atoms with E-state index in [4.69, 9.17) is 5.73 Å². The maximum absolute atomic E-state index is 5.95. The van der Waals surface area contributed by atoms with Gasteiger partial charge >= 0.3 is 0 Å². The van der Waals surface area contributed by atoms with E-state index in [1.165, 1.54) is 5.69 Å². The van der Waals surface area contributed by atoms with Crippen LogP contribution in [0.1, 0.15) is 30.5 Å². The van der Waals surface area contributed by atoms with E-state index in [9.17, 15) is 0 Å². The molecular formula is C9H14N2S. The second kappa shape index (κ2) is 2.30. The second-order valence-corrected chi connectivity index (χ2v) is 5.18. The Hall–Kier alpha value is -0.410. The maximum Gasteiger partial charge on any atom is 0.0897 e. The molecule has 1 saturated carbocycles. The zero-order chi connectivity index (χ0) is 8.93. The van der Waals surface area contributed by atoms with Crippen molar-refractivity contribution in [2.45, 2.75) is 32.7 Å². The maximum atomic E-state index is 5.95.